The van der Waals surface area contributed by atoms with Crippen LogP contribution >= 0.6 is 0 Å². The maximum atomic E-state index is 15.9. The van der Waals surface area contributed by atoms with E-state index in [0.717, 1.165) is 35.1 Å². The van der Waals surface area contributed by atoms with Gasteiger partial charge in [-0.3, -0.25) is 9.59 Å². The highest BCUT2D eigenvalue weighted by molar-refractivity contribution is 6.19. The van der Waals surface area contributed by atoms with Gasteiger partial charge in [-0.25, -0.2) is 9.18 Å². The van der Waals surface area contributed by atoms with Crippen LogP contribution in [0, 0.1) is 12.7 Å². The van der Waals surface area contributed by atoms with Gasteiger partial charge in [0.05, 0.1) is 12.1 Å². The number of ether oxygens (including phenoxy) is 1. The first kappa shape index (κ1) is 26.9. The van der Waals surface area contributed by atoms with Crippen molar-refractivity contribution < 1.29 is 18.7 Å². The van der Waals surface area contributed by atoms with Gasteiger partial charge in [0, 0.05) is 34.0 Å². The number of carbonyl (C=O) groups is 2. The molecular formula is C35H32FNO4. The highest BCUT2D eigenvalue weighted by Gasteiger charge is 2.33. The molecule has 0 saturated heterocycles. The second-order valence-electron chi connectivity index (χ2n) is 11.2. The van der Waals surface area contributed by atoms with E-state index < -0.39 is 11.4 Å². The van der Waals surface area contributed by atoms with Crippen molar-refractivity contribution >= 4 is 28.2 Å². The first-order chi connectivity index (χ1) is 19.7. The van der Waals surface area contributed by atoms with Crippen LogP contribution in [-0.4, -0.2) is 22.9 Å². The van der Waals surface area contributed by atoms with Gasteiger partial charge in [-0.2, -0.15) is 0 Å². The van der Waals surface area contributed by atoms with E-state index in [1.807, 2.05) is 44.2 Å². The van der Waals surface area contributed by atoms with Gasteiger partial charge in [-0.05, 0) is 91.0 Å². The van der Waals surface area contributed by atoms with Crippen molar-refractivity contribution in [3.63, 3.8) is 0 Å². The number of aromatic nitrogens is 1. The average Bonchev–Trinajstić information content (AvgIpc) is 3.83. The van der Waals surface area contributed by atoms with Crippen molar-refractivity contribution in [1.29, 1.82) is 0 Å². The summed E-state index contributed by atoms with van der Waals surface area (Å²) in [5.74, 6) is -1.10. The summed E-state index contributed by atoms with van der Waals surface area (Å²) in [4.78, 5) is 40.5. The molecule has 0 bridgehead atoms. The smallest absolute Gasteiger partial charge is 0.343 e. The number of fused-ring (bicyclic) bond motifs is 3. The molecule has 1 saturated carbocycles. The summed E-state index contributed by atoms with van der Waals surface area (Å²) in [7, 11) is 0. The van der Waals surface area contributed by atoms with Gasteiger partial charge in [0.25, 0.3) is 0 Å². The molecule has 1 aromatic heterocycles. The predicted molar refractivity (Wildman–Crippen MR) is 159 cm³/mol. The molecule has 5 nitrogen and oxygen atoms in total. The van der Waals surface area contributed by atoms with Gasteiger partial charge in [0.1, 0.15) is 11.4 Å². The van der Waals surface area contributed by atoms with Crippen LogP contribution in [0.5, 0.6) is 0 Å². The fourth-order valence-corrected chi connectivity index (χ4v) is 6.02. The Hall–Kier alpha value is -4.32. The highest BCUT2D eigenvalue weighted by atomic mass is 19.1. The minimum absolute atomic E-state index is 0.110. The number of aryl methyl sites for hydroxylation is 1. The maximum absolute atomic E-state index is 15.9. The van der Waals surface area contributed by atoms with Gasteiger partial charge >= 0.3 is 5.97 Å². The molecule has 3 aromatic carbocycles. The monoisotopic (exact) mass is 549 g/mol. The number of benzene rings is 3. The molecule has 1 unspecified atom stereocenters. The van der Waals surface area contributed by atoms with Crippen molar-refractivity contribution in [3.05, 3.63) is 116 Å². The average molecular weight is 550 g/mol. The molecule has 208 valence electrons. The molecule has 1 heterocycles. The normalized spacial score (nSPS) is 15.0. The second-order valence-corrected chi connectivity index (χ2v) is 11.2. The van der Waals surface area contributed by atoms with E-state index in [1.54, 1.807) is 30.5 Å². The number of carbonyl (C=O) groups excluding carboxylic acids is 2. The zero-order valence-electron chi connectivity index (χ0n) is 23.8. The summed E-state index contributed by atoms with van der Waals surface area (Å²) in [6.07, 6.45) is 4.09. The highest BCUT2D eigenvalue weighted by Crippen LogP contribution is 2.47. The molecule has 2 aliphatic carbocycles. The Morgan fingerprint density at radius 2 is 1.78 bits per heavy atom. The van der Waals surface area contributed by atoms with Crippen molar-refractivity contribution in [1.82, 2.24) is 4.57 Å². The van der Waals surface area contributed by atoms with Gasteiger partial charge < -0.3 is 9.30 Å². The van der Waals surface area contributed by atoms with Crippen LogP contribution in [0.15, 0.2) is 60.0 Å². The van der Waals surface area contributed by atoms with E-state index in [1.165, 1.54) is 6.20 Å². The fraction of sp³-hybridized carbons (Fsp3) is 0.286. The molecule has 0 N–H and O–H groups in total. The van der Waals surface area contributed by atoms with Crippen LogP contribution in [0.4, 0.5) is 4.39 Å². The van der Waals surface area contributed by atoms with Gasteiger partial charge in [-0.15, -0.1) is 0 Å². The number of rotatable bonds is 6. The van der Waals surface area contributed by atoms with Crippen LogP contribution < -0.4 is 5.43 Å². The predicted octanol–water partition coefficient (Wildman–Crippen LogP) is 7.61. The number of ketones is 1. The quantitative estimate of drug-likeness (QED) is 0.205. The molecule has 1 fully saturated rings. The second kappa shape index (κ2) is 9.95. The topological polar surface area (TPSA) is 65.4 Å². The van der Waals surface area contributed by atoms with Crippen LogP contribution in [0.3, 0.4) is 0 Å². The maximum Gasteiger partial charge on any atom is 0.343 e. The summed E-state index contributed by atoms with van der Waals surface area (Å²) in [5.41, 5.74) is 5.60. The van der Waals surface area contributed by atoms with Gasteiger partial charge in [-0.1, -0.05) is 44.7 Å². The van der Waals surface area contributed by atoms with Crippen molar-refractivity contribution in [2.75, 3.05) is 6.61 Å². The minimum Gasteiger partial charge on any atom is -0.462 e. The Balaban J connectivity index is 1.71. The van der Waals surface area contributed by atoms with E-state index in [9.17, 15) is 14.4 Å². The summed E-state index contributed by atoms with van der Waals surface area (Å²) in [6.45, 7) is 11.7. The Morgan fingerprint density at radius 3 is 2.44 bits per heavy atom. The lowest BCUT2D eigenvalue weighted by molar-refractivity contribution is 0.0524. The molecule has 0 amide bonds. The number of pyridine rings is 1. The lowest BCUT2D eigenvalue weighted by Gasteiger charge is -2.25. The Bertz CT molecular complexity index is 1860. The van der Waals surface area contributed by atoms with Gasteiger partial charge in [0.15, 0.2) is 5.78 Å². The SMILES string of the molecule is C=C1c2ccccc2C(=O)c2cc(-n3cc(C(=O)OCC)c(=O)c4cc(C(C)CC)c(F)c(C)c43)c(C3CC3)cc21. The molecule has 1 atom stereocenters. The van der Waals surface area contributed by atoms with E-state index >= 15 is 4.39 Å². The summed E-state index contributed by atoms with van der Waals surface area (Å²) >= 11 is 0. The van der Waals surface area contributed by atoms with E-state index in [-0.39, 0.29) is 41.0 Å². The zero-order valence-corrected chi connectivity index (χ0v) is 23.8. The van der Waals surface area contributed by atoms with Crippen LogP contribution in [0.2, 0.25) is 0 Å². The number of hydrogen-bond acceptors (Lipinski definition) is 4. The third kappa shape index (κ3) is 4.16. The molecule has 41 heavy (non-hydrogen) atoms. The molecular weight excluding hydrogens is 517 g/mol. The summed E-state index contributed by atoms with van der Waals surface area (Å²) in [6, 6.07) is 12.9. The molecule has 2 aliphatic rings. The van der Waals surface area contributed by atoms with Crippen LogP contribution in [-0.2, 0) is 4.74 Å². The van der Waals surface area contributed by atoms with Crippen LogP contribution in [0.1, 0.15) is 106 Å². The molecule has 4 aromatic rings. The third-order valence-electron chi connectivity index (χ3n) is 8.63. The third-order valence-corrected chi connectivity index (χ3v) is 8.63. The number of hydrogen-bond donors (Lipinski definition) is 0. The van der Waals surface area contributed by atoms with Crippen molar-refractivity contribution in [2.24, 2.45) is 0 Å². The lowest BCUT2D eigenvalue weighted by Crippen LogP contribution is -2.23. The summed E-state index contributed by atoms with van der Waals surface area (Å²) < 4.78 is 22.9. The van der Waals surface area contributed by atoms with E-state index in [4.69, 9.17) is 4.74 Å². The number of halogens is 1. The van der Waals surface area contributed by atoms with E-state index in [0.29, 0.717) is 39.9 Å². The molecule has 6 rings (SSSR count). The van der Waals surface area contributed by atoms with Gasteiger partial charge in [0.2, 0.25) is 5.43 Å². The van der Waals surface area contributed by atoms with Crippen LogP contribution in [0.25, 0.3) is 22.2 Å². The standard InChI is InChI=1S/C35H32FNO4/c1-6-18(3)24-14-28-32(20(5)31(24)36)37(17-29(34(28)39)35(40)41-7-2)30-16-27-25(15-26(30)21-12-13-21)19(4)22-10-8-9-11-23(22)33(27)38/h8-11,14-18,21H,4,6-7,12-13H2,1-3,5H3. The zero-order chi connectivity index (χ0) is 29.2. The molecule has 0 radical (unpaired) electrons. The van der Waals surface area contributed by atoms with E-state index in [2.05, 4.69) is 6.58 Å². The molecule has 0 spiro atoms. The first-order valence-electron chi connectivity index (χ1n) is 14.2. The fourth-order valence-electron chi connectivity index (χ4n) is 6.02. The molecule has 0 aliphatic heterocycles. The molecule has 6 heteroatoms. The first-order valence-corrected chi connectivity index (χ1v) is 14.2. The summed E-state index contributed by atoms with van der Waals surface area (Å²) in [5, 5.41) is 0.255. The van der Waals surface area contributed by atoms with Crippen molar-refractivity contribution in [3.8, 4) is 5.69 Å². The lowest BCUT2D eigenvalue weighted by atomic mass is 9.80. The van der Waals surface area contributed by atoms with Crippen molar-refractivity contribution in [2.45, 2.75) is 58.8 Å². The number of esters is 1. The minimum atomic E-state index is -0.732. The number of nitrogens with zero attached hydrogens (tertiary/aromatic N) is 1. The Labute approximate surface area is 238 Å². The Morgan fingerprint density at radius 1 is 1.07 bits per heavy atom. The largest absolute Gasteiger partial charge is 0.462 e. The Kier molecular flexibility index (Phi) is 6.52.